The Morgan fingerprint density at radius 3 is 2.93 bits per heavy atom. The summed E-state index contributed by atoms with van der Waals surface area (Å²) in [6.45, 7) is 0. The molecule has 2 N–H and O–H groups in total. The van der Waals surface area contributed by atoms with E-state index in [0.29, 0.717) is 12.0 Å². The second-order valence-electron chi connectivity index (χ2n) is 3.67. The van der Waals surface area contributed by atoms with Gasteiger partial charge in [0, 0.05) is 11.6 Å². The number of benzene rings is 1. The number of esters is 1. The number of carbonyl (C=O) groups is 1. The molecular formula is C11H12FNO2. The lowest BCUT2D eigenvalue weighted by molar-refractivity contribution is -0.145. The van der Waals surface area contributed by atoms with E-state index in [2.05, 4.69) is 4.74 Å². The van der Waals surface area contributed by atoms with Gasteiger partial charge in [-0.1, -0.05) is 12.1 Å². The van der Waals surface area contributed by atoms with E-state index in [9.17, 15) is 9.18 Å². The summed E-state index contributed by atoms with van der Waals surface area (Å²) in [5, 5.41) is 0. The number of methoxy groups -OCH3 is 1. The maximum atomic E-state index is 13.4. The quantitative estimate of drug-likeness (QED) is 0.706. The molecule has 1 aliphatic carbocycles. The van der Waals surface area contributed by atoms with Gasteiger partial charge in [0.2, 0.25) is 0 Å². The Balaban J connectivity index is 2.37. The maximum Gasteiger partial charge on any atom is 0.310 e. The van der Waals surface area contributed by atoms with Crippen LogP contribution < -0.4 is 5.73 Å². The average molecular weight is 209 g/mol. The van der Waals surface area contributed by atoms with Crippen LogP contribution in [0.15, 0.2) is 18.2 Å². The Morgan fingerprint density at radius 1 is 1.60 bits per heavy atom. The fourth-order valence-electron chi connectivity index (χ4n) is 2.08. The molecule has 4 heteroatoms. The monoisotopic (exact) mass is 209 g/mol. The highest BCUT2D eigenvalue weighted by atomic mass is 19.1. The van der Waals surface area contributed by atoms with Crippen LogP contribution in [0.25, 0.3) is 0 Å². The minimum atomic E-state index is -0.589. The second-order valence-corrected chi connectivity index (χ2v) is 3.67. The molecule has 0 heterocycles. The minimum Gasteiger partial charge on any atom is -0.469 e. The Hall–Kier alpha value is -1.42. The Kier molecular flexibility index (Phi) is 2.44. The lowest BCUT2D eigenvalue weighted by Gasteiger charge is -2.13. The van der Waals surface area contributed by atoms with Gasteiger partial charge in [-0.05, 0) is 18.1 Å². The zero-order valence-corrected chi connectivity index (χ0v) is 8.37. The summed E-state index contributed by atoms with van der Waals surface area (Å²) < 4.78 is 18.1. The first-order valence-electron chi connectivity index (χ1n) is 4.76. The molecule has 0 saturated carbocycles. The summed E-state index contributed by atoms with van der Waals surface area (Å²) in [6, 6.07) is 4.19. The Bertz CT molecular complexity index is 406. The van der Waals surface area contributed by atoms with Gasteiger partial charge in [-0.25, -0.2) is 4.39 Å². The Morgan fingerprint density at radius 2 is 2.33 bits per heavy atom. The molecule has 1 aromatic carbocycles. The molecule has 1 aliphatic rings. The number of carbonyl (C=O) groups excluding carboxylic acids is 1. The summed E-state index contributed by atoms with van der Waals surface area (Å²) in [7, 11) is 1.31. The van der Waals surface area contributed by atoms with Crippen LogP contribution in [0.1, 0.15) is 17.2 Å². The first-order chi connectivity index (χ1) is 7.15. The molecular weight excluding hydrogens is 197 g/mol. The molecule has 0 bridgehead atoms. The van der Waals surface area contributed by atoms with Crippen molar-refractivity contribution in [3.63, 3.8) is 0 Å². The largest absolute Gasteiger partial charge is 0.469 e. The zero-order valence-electron chi connectivity index (χ0n) is 8.37. The van der Waals surface area contributed by atoms with Gasteiger partial charge in [0.1, 0.15) is 5.82 Å². The van der Waals surface area contributed by atoms with Crippen LogP contribution >= 0.6 is 0 Å². The van der Waals surface area contributed by atoms with Crippen LogP contribution in [-0.4, -0.2) is 13.1 Å². The number of fused-ring (bicyclic) bond motifs is 1. The van der Waals surface area contributed by atoms with Crippen molar-refractivity contribution in [2.75, 3.05) is 7.11 Å². The molecule has 0 saturated heterocycles. The molecule has 0 aliphatic heterocycles. The van der Waals surface area contributed by atoms with E-state index >= 15 is 0 Å². The van der Waals surface area contributed by atoms with Crippen LogP contribution in [0.2, 0.25) is 0 Å². The molecule has 80 valence electrons. The van der Waals surface area contributed by atoms with E-state index in [1.165, 1.54) is 13.2 Å². The highest BCUT2D eigenvalue weighted by molar-refractivity contribution is 5.75. The molecule has 0 unspecified atom stereocenters. The molecule has 0 fully saturated rings. The van der Waals surface area contributed by atoms with Crippen LogP contribution in [-0.2, 0) is 16.0 Å². The van der Waals surface area contributed by atoms with E-state index in [0.717, 1.165) is 5.56 Å². The summed E-state index contributed by atoms with van der Waals surface area (Å²) in [4.78, 5) is 11.4. The fourth-order valence-corrected chi connectivity index (χ4v) is 2.08. The molecule has 2 rings (SSSR count). The number of hydrogen-bond donors (Lipinski definition) is 1. The van der Waals surface area contributed by atoms with Crippen molar-refractivity contribution >= 4 is 5.97 Å². The van der Waals surface area contributed by atoms with Crippen LogP contribution in [0.4, 0.5) is 4.39 Å². The zero-order chi connectivity index (χ0) is 11.0. The first-order valence-corrected chi connectivity index (χ1v) is 4.76. The van der Waals surface area contributed by atoms with E-state index in [4.69, 9.17) is 5.73 Å². The molecule has 15 heavy (non-hydrogen) atoms. The molecule has 0 radical (unpaired) electrons. The van der Waals surface area contributed by atoms with Crippen molar-refractivity contribution in [3.05, 3.63) is 35.1 Å². The van der Waals surface area contributed by atoms with Crippen LogP contribution in [0, 0.1) is 11.7 Å². The fraction of sp³-hybridized carbons (Fsp3) is 0.364. The lowest BCUT2D eigenvalue weighted by atomic mass is 10.0. The van der Waals surface area contributed by atoms with Crippen molar-refractivity contribution < 1.29 is 13.9 Å². The van der Waals surface area contributed by atoms with Gasteiger partial charge in [-0.15, -0.1) is 0 Å². The SMILES string of the molecule is COC(=O)[C@H]1Cc2cccc(F)c2[C@@H]1N. The molecule has 2 atom stereocenters. The summed E-state index contributed by atoms with van der Waals surface area (Å²) in [5.74, 6) is -1.17. The van der Waals surface area contributed by atoms with E-state index in [1.807, 2.05) is 0 Å². The summed E-state index contributed by atoms with van der Waals surface area (Å²) in [6.07, 6.45) is 0.459. The number of ether oxygens (including phenoxy) is 1. The van der Waals surface area contributed by atoms with Crippen LogP contribution in [0.5, 0.6) is 0 Å². The first kappa shape index (κ1) is 10.1. The molecule has 0 aromatic heterocycles. The van der Waals surface area contributed by atoms with Crippen molar-refractivity contribution in [2.24, 2.45) is 11.7 Å². The van der Waals surface area contributed by atoms with Gasteiger partial charge in [0.15, 0.2) is 0 Å². The van der Waals surface area contributed by atoms with E-state index < -0.39 is 12.0 Å². The van der Waals surface area contributed by atoms with E-state index in [1.54, 1.807) is 12.1 Å². The van der Waals surface area contributed by atoms with Gasteiger partial charge in [-0.3, -0.25) is 4.79 Å². The molecule has 0 spiro atoms. The van der Waals surface area contributed by atoms with Crippen molar-refractivity contribution in [1.29, 1.82) is 0 Å². The van der Waals surface area contributed by atoms with Crippen LogP contribution in [0.3, 0.4) is 0 Å². The number of nitrogens with two attached hydrogens (primary N) is 1. The minimum absolute atomic E-state index is 0.341. The van der Waals surface area contributed by atoms with Crippen molar-refractivity contribution in [1.82, 2.24) is 0 Å². The van der Waals surface area contributed by atoms with Crippen molar-refractivity contribution in [3.8, 4) is 0 Å². The summed E-state index contributed by atoms with van der Waals surface area (Å²) >= 11 is 0. The predicted octanol–water partition coefficient (Wildman–Crippen LogP) is 1.17. The molecule has 3 nitrogen and oxygen atoms in total. The smallest absolute Gasteiger partial charge is 0.310 e. The van der Waals surface area contributed by atoms with Gasteiger partial charge in [0.25, 0.3) is 0 Å². The second kappa shape index (κ2) is 3.62. The average Bonchev–Trinajstić information content (AvgIpc) is 2.56. The van der Waals surface area contributed by atoms with Gasteiger partial charge >= 0.3 is 5.97 Å². The normalized spacial score (nSPS) is 23.7. The maximum absolute atomic E-state index is 13.4. The topological polar surface area (TPSA) is 52.3 Å². The number of hydrogen-bond acceptors (Lipinski definition) is 3. The molecule has 0 amide bonds. The van der Waals surface area contributed by atoms with Crippen molar-refractivity contribution in [2.45, 2.75) is 12.5 Å². The summed E-state index contributed by atoms with van der Waals surface area (Å²) in [5.41, 5.74) is 7.08. The number of rotatable bonds is 1. The van der Waals surface area contributed by atoms with E-state index in [-0.39, 0.29) is 11.8 Å². The lowest BCUT2D eigenvalue weighted by Crippen LogP contribution is -2.26. The highest BCUT2D eigenvalue weighted by Crippen LogP contribution is 2.36. The third-order valence-corrected chi connectivity index (χ3v) is 2.85. The highest BCUT2D eigenvalue weighted by Gasteiger charge is 2.37. The van der Waals surface area contributed by atoms with Gasteiger partial charge in [-0.2, -0.15) is 0 Å². The predicted molar refractivity (Wildman–Crippen MR) is 52.5 cm³/mol. The van der Waals surface area contributed by atoms with Gasteiger partial charge < -0.3 is 10.5 Å². The van der Waals surface area contributed by atoms with Gasteiger partial charge in [0.05, 0.1) is 13.0 Å². The third-order valence-electron chi connectivity index (χ3n) is 2.85. The Labute approximate surface area is 87.0 Å². The molecule has 1 aromatic rings. The third kappa shape index (κ3) is 1.51. The standard InChI is InChI=1S/C11H12FNO2/c1-15-11(14)7-5-6-3-2-4-8(12)9(6)10(7)13/h2-4,7,10H,5,13H2,1H3/t7-,10+/m0/s1. The number of halogens is 1.